The van der Waals surface area contributed by atoms with E-state index in [-0.39, 0.29) is 46.0 Å². The number of thioether (sulfide) groups is 1. The summed E-state index contributed by atoms with van der Waals surface area (Å²) in [5.41, 5.74) is -0.782. The molecule has 0 aromatic carbocycles. The van der Waals surface area contributed by atoms with Crippen LogP contribution in [0.15, 0.2) is 11.6 Å². The highest BCUT2D eigenvalue weighted by Gasteiger charge is 2.77. The number of ether oxygens (including phenoxy) is 1. The Hall–Kier alpha value is -0.213. The van der Waals surface area contributed by atoms with Crippen LogP contribution in [-0.2, 0) is 14.0 Å². The predicted molar refractivity (Wildman–Crippen MR) is 151 cm³/mol. The van der Waals surface area contributed by atoms with Crippen LogP contribution in [-0.4, -0.2) is 47.7 Å². The van der Waals surface area contributed by atoms with Crippen LogP contribution in [0.1, 0.15) is 68.2 Å². The molecule has 3 fully saturated rings. The molecule has 4 rings (SSSR count). The zero-order valence-corrected chi connectivity index (χ0v) is 26.2. The first kappa shape index (κ1) is 27.8. The highest BCUT2D eigenvalue weighted by molar-refractivity contribution is 8.22. The fourth-order valence-corrected chi connectivity index (χ4v) is 9.64. The van der Waals surface area contributed by atoms with Crippen molar-refractivity contribution in [1.82, 2.24) is 0 Å². The second-order valence-corrected chi connectivity index (χ2v) is 20.3. The lowest BCUT2D eigenvalue weighted by atomic mass is 9.59. The molecule has 0 radical (unpaired) electrons. The zero-order valence-electron chi connectivity index (χ0n) is 23.5. The maximum Gasteiger partial charge on any atom is 0.220 e. The van der Waals surface area contributed by atoms with Crippen molar-refractivity contribution >= 4 is 42.5 Å². The van der Waals surface area contributed by atoms with E-state index >= 15 is 4.79 Å². The monoisotopic (exact) mass is 538 g/mol. The van der Waals surface area contributed by atoms with Gasteiger partial charge in [-0.25, -0.2) is 0 Å². The van der Waals surface area contributed by atoms with Crippen molar-refractivity contribution in [2.75, 3.05) is 6.26 Å². The van der Waals surface area contributed by atoms with E-state index in [1.165, 1.54) is 11.8 Å². The summed E-state index contributed by atoms with van der Waals surface area (Å²) in [5.74, 6) is 0.485. The van der Waals surface area contributed by atoms with Crippen molar-refractivity contribution in [3.63, 3.8) is 0 Å². The van der Waals surface area contributed by atoms with Crippen molar-refractivity contribution in [3.05, 3.63) is 11.6 Å². The number of carbonyl (C=O) groups excluding carboxylic acids is 1. The van der Waals surface area contributed by atoms with Gasteiger partial charge >= 0.3 is 0 Å². The summed E-state index contributed by atoms with van der Waals surface area (Å²) < 4.78 is 14.2. The largest absolute Gasteiger partial charge is 0.467 e. The molecule has 4 nitrogen and oxygen atoms in total. The van der Waals surface area contributed by atoms with Gasteiger partial charge in [0.25, 0.3) is 0 Å². The predicted octanol–water partition coefficient (Wildman–Crippen LogP) is 6.62. The van der Waals surface area contributed by atoms with E-state index in [9.17, 15) is 5.11 Å². The number of aliphatic hydroxyl groups is 1. The van der Waals surface area contributed by atoms with E-state index in [1.54, 1.807) is 0 Å². The van der Waals surface area contributed by atoms with Crippen LogP contribution in [0.4, 0.5) is 0 Å². The Kier molecular flexibility index (Phi) is 6.67. The summed E-state index contributed by atoms with van der Waals surface area (Å²) in [6, 6.07) is 0. The number of aliphatic hydroxyl groups excluding tert-OH is 1. The molecule has 198 valence electrons. The first-order valence-electron chi connectivity index (χ1n) is 13.2. The number of fused-ring (bicyclic) bond motifs is 3. The molecule has 0 aromatic rings. The summed E-state index contributed by atoms with van der Waals surface area (Å²) in [6.45, 7) is 22.2. The van der Waals surface area contributed by atoms with E-state index in [0.717, 1.165) is 12.0 Å². The van der Waals surface area contributed by atoms with E-state index in [4.69, 9.17) is 21.4 Å². The van der Waals surface area contributed by atoms with Gasteiger partial charge in [0, 0.05) is 18.3 Å². The number of ketones is 1. The number of carbonyl (C=O) groups is 1. The van der Waals surface area contributed by atoms with Crippen LogP contribution >= 0.6 is 24.0 Å². The van der Waals surface area contributed by atoms with Crippen molar-refractivity contribution in [2.24, 2.45) is 40.4 Å². The molecule has 7 heteroatoms. The number of thiocarbonyl (C=S) groups is 1. The second-order valence-electron chi connectivity index (χ2n) is 14.1. The molecule has 2 bridgehead atoms. The van der Waals surface area contributed by atoms with Gasteiger partial charge in [0.15, 0.2) is 19.7 Å². The van der Waals surface area contributed by atoms with Crippen molar-refractivity contribution in [1.29, 1.82) is 0 Å². The van der Waals surface area contributed by atoms with E-state index < -0.39 is 25.4 Å². The standard InChI is InChI=1S/C28H46O4S2Si/c1-15-13-27-16(2)12-18-20(26(18,7)8)19(23(27)30)21(32-35(10,11)25(4,5)6)17(3)22(29)28(27,14-15)31-24(33)34-9/h13,16-22,29H,12,14H2,1-11H3/t16-,17+,18-,19-,20+,21-,22-,27+,28-/m1/s1. The van der Waals surface area contributed by atoms with Gasteiger partial charge in [-0.05, 0) is 73.1 Å². The van der Waals surface area contributed by atoms with Gasteiger partial charge in [0.05, 0.1) is 11.5 Å². The highest BCUT2D eigenvalue weighted by atomic mass is 32.2. The number of Topliss-reactive ketones (excluding diaryl/α,β-unsaturated/α-hetero) is 1. The van der Waals surface area contributed by atoms with Crippen LogP contribution < -0.4 is 0 Å². The summed E-state index contributed by atoms with van der Waals surface area (Å²) in [7, 11) is -2.23. The van der Waals surface area contributed by atoms with Gasteiger partial charge < -0.3 is 14.3 Å². The highest BCUT2D eigenvalue weighted by Crippen LogP contribution is 2.73. The fourth-order valence-electron chi connectivity index (χ4n) is 7.86. The normalized spacial score (nSPS) is 44.5. The minimum Gasteiger partial charge on any atom is -0.467 e. The van der Waals surface area contributed by atoms with Gasteiger partial charge in [-0.1, -0.05) is 71.9 Å². The summed E-state index contributed by atoms with van der Waals surface area (Å²) in [5, 5.41) is 12.3. The first-order valence-corrected chi connectivity index (χ1v) is 17.8. The lowest BCUT2D eigenvalue weighted by Gasteiger charge is -2.50. The summed E-state index contributed by atoms with van der Waals surface area (Å²) >= 11 is 6.96. The molecule has 35 heavy (non-hydrogen) atoms. The maximum absolute atomic E-state index is 15.1. The molecule has 4 aliphatic carbocycles. The molecule has 1 N–H and O–H groups in total. The molecule has 9 atom stereocenters. The quantitative estimate of drug-likeness (QED) is 0.247. The van der Waals surface area contributed by atoms with E-state index in [0.29, 0.717) is 16.7 Å². The molecule has 3 saturated carbocycles. The van der Waals surface area contributed by atoms with Gasteiger partial charge in [-0.2, -0.15) is 0 Å². The molecule has 0 aromatic heterocycles. The lowest BCUT2D eigenvalue weighted by molar-refractivity contribution is -0.165. The Morgan fingerprint density at radius 1 is 1.26 bits per heavy atom. The summed E-state index contributed by atoms with van der Waals surface area (Å²) in [4.78, 5) is 15.1. The molecule has 0 saturated heterocycles. The molecule has 1 spiro atoms. The number of hydrogen-bond donors (Lipinski definition) is 1. The number of hydrogen-bond acceptors (Lipinski definition) is 6. The molecule has 0 heterocycles. The molecule has 0 amide bonds. The average Bonchev–Trinajstić information content (AvgIpc) is 3.14. The van der Waals surface area contributed by atoms with E-state index in [2.05, 4.69) is 74.6 Å². The smallest absolute Gasteiger partial charge is 0.220 e. The van der Waals surface area contributed by atoms with Crippen LogP contribution in [0.2, 0.25) is 18.1 Å². The van der Waals surface area contributed by atoms with Crippen LogP contribution in [0.5, 0.6) is 0 Å². The van der Waals surface area contributed by atoms with Crippen LogP contribution in [0, 0.1) is 40.4 Å². The third-order valence-corrected chi connectivity index (χ3v) is 16.3. The maximum atomic E-state index is 15.1. The minimum absolute atomic E-state index is 0.00215. The SMILES string of the molecule is CSC(=S)O[C@@]12CC(C)=C[C@]13C(=O)[C@@H]([C@H](O[Si](C)(C)C(C)(C)C)[C@H](C)[C@H]2O)[C@@H]1[C@@H](C[C@H]3C)C1(C)C. The lowest BCUT2D eigenvalue weighted by Crippen LogP contribution is -2.62. The molecule has 0 unspecified atom stereocenters. The summed E-state index contributed by atoms with van der Waals surface area (Å²) in [6.07, 6.45) is 4.33. The second kappa shape index (κ2) is 8.39. The van der Waals surface area contributed by atoms with Crippen molar-refractivity contribution in [2.45, 2.75) is 104 Å². The first-order chi connectivity index (χ1) is 15.9. The van der Waals surface area contributed by atoms with E-state index in [1.807, 2.05) is 6.26 Å². The molecular weight excluding hydrogens is 493 g/mol. The van der Waals surface area contributed by atoms with Gasteiger partial charge in [-0.3, -0.25) is 4.79 Å². The van der Waals surface area contributed by atoms with Crippen LogP contribution in [0.25, 0.3) is 0 Å². The van der Waals surface area contributed by atoms with Crippen LogP contribution in [0.3, 0.4) is 0 Å². The topological polar surface area (TPSA) is 55.8 Å². The third kappa shape index (κ3) is 3.72. The third-order valence-electron chi connectivity index (χ3n) is 10.9. The number of rotatable bonds is 3. The van der Waals surface area contributed by atoms with Crippen molar-refractivity contribution in [3.8, 4) is 0 Å². The van der Waals surface area contributed by atoms with Crippen molar-refractivity contribution < 1.29 is 19.1 Å². The van der Waals surface area contributed by atoms with Gasteiger partial charge in [0.1, 0.15) is 6.10 Å². The Bertz CT molecular complexity index is 953. The average molecular weight is 539 g/mol. The Morgan fingerprint density at radius 3 is 2.40 bits per heavy atom. The zero-order chi connectivity index (χ0) is 26.5. The van der Waals surface area contributed by atoms with Gasteiger partial charge in [-0.15, -0.1) is 0 Å². The fraction of sp³-hybridized carbons (Fsp3) is 0.857. The molecule has 4 aliphatic rings. The Labute approximate surface area is 223 Å². The Morgan fingerprint density at radius 2 is 1.86 bits per heavy atom. The molecular formula is C28H46O4S2Si. The molecule has 0 aliphatic heterocycles. The van der Waals surface area contributed by atoms with Gasteiger partial charge in [0.2, 0.25) is 4.38 Å². The Balaban J connectivity index is 1.96. The minimum atomic E-state index is -2.23.